The molecule has 0 nitrogen and oxygen atoms in total. The first-order chi connectivity index (χ1) is 5.79. The van der Waals surface area contributed by atoms with E-state index in [1.54, 1.807) is 10.4 Å². The average molecular weight is 180 g/mol. The third kappa shape index (κ3) is 1.31. The summed E-state index contributed by atoms with van der Waals surface area (Å²) in [6, 6.07) is 2.31. The molecule has 2 rings (SSSR count). The molecule has 0 unspecified atom stereocenters. The number of thiophene rings is 1. The van der Waals surface area contributed by atoms with E-state index in [1.165, 1.54) is 19.3 Å². The van der Waals surface area contributed by atoms with Gasteiger partial charge in [-0.3, -0.25) is 0 Å². The van der Waals surface area contributed by atoms with Crippen LogP contribution in [0.1, 0.15) is 55.4 Å². The van der Waals surface area contributed by atoms with Crippen molar-refractivity contribution >= 4 is 11.3 Å². The van der Waals surface area contributed by atoms with Crippen molar-refractivity contribution in [3.05, 3.63) is 21.9 Å². The summed E-state index contributed by atoms with van der Waals surface area (Å²) in [5.74, 6) is 1.63. The van der Waals surface area contributed by atoms with E-state index in [4.69, 9.17) is 0 Å². The van der Waals surface area contributed by atoms with Gasteiger partial charge in [-0.25, -0.2) is 0 Å². The zero-order chi connectivity index (χ0) is 8.55. The van der Waals surface area contributed by atoms with Gasteiger partial charge in [0.1, 0.15) is 0 Å². The molecule has 0 spiro atoms. The molecule has 1 aliphatic rings. The molecule has 0 radical (unpaired) electrons. The molecular weight excluding hydrogens is 164 g/mol. The molecule has 1 saturated carbocycles. The molecule has 12 heavy (non-hydrogen) atoms. The highest BCUT2D eigenvalue weighted by molar-refractivity contribution is 7.10. The van der Waals surface area contributed by atoms with Crippen LogP contribution in [-0.2, 0) is 0 Å². The summed E-state index contributed by atoms with van der Waals surface area (Å²) in [4.78, 5) is 1.68. The largest absolute Gasteiger partial charge is 0.148 e. The molecule has 0 aliphatic heterocycles. The predicted octanol–water partition coefficient (Wildman–Crippen LogP) is 4.14. The van der Waals surface area contributed by atoms with E-state index in [2.05, 4.69) is 25.3 Å². The molecule has 0 saturated heterocycles. The van der Waals surface area contributed by atoms with Gasteiger partial charge in [-0.05, 0) is 41.7 Å². The Morgan fingerprint density at radius 2 is 2.17 bits per heavy atom. The van der Waals surface area contributed by atoms with Crippen molar-refractivity contribution in [3.63, 3.8) is 0 Å². The van der Waals surface area contributed by atoms with Gasteiger partial charge in [-0.15, -0.1) is 11.3 Å². The van der Waals surface area contributed by atoms with Crippen molar-refractivity contribution < 1.29 is 0 Å². The summed E-state index contributed by atoms with van der Waals surface area (Å²) < 4.78 is 0. The van der Waals surface area contributed by atoms with Crippen LogP contribution < -0.4 is 0 Å². The Bertz CT molecular complexity index is 256. The molecule has 1 aromatic rings. The molecule has 0 aromatic carbocycles. The van der Waals surface area contributed by atoms with Gasteiger partial charge in [0.05, 0.1) is 0 Å². The number of hydrogen-bond acceptors (Lipinski definition) is 1. The standard InChI is InChI=1S/C11H16S/c1-8(2)10-6-7-12-11(10)9-4-3-5-9/h6-9H,3-5H2,1-2H3. The third-order valence-corrected chi connectivity index (χ3v) is 3.92. The van der Waals surface area contributed by atoms with Crippen molar-refractivity contribution in [2.24, 2.45) is 0 Å². The number of hydrogen-bond donors (Lipinski definition) is 0. The first-order valence-corrected chi connectivity index (χ1v) is 5.74. The Hall–Kier alpha value is -0.300. The minimum atomic E-state index is 0.715. The summed E-state index contributed by atoms with van der Waals surface area (Å²) in [6.07, 6.45) is 4.31. The van der Waals surface area contributed by atoms with E-state index >= 15 is 0 Å². The molecule has 0 bridgehead atoms. The summed E-state index contributed by atoms with van der Waals surface area (Å²) in [5.41, 5.74) is 1.60. The molecular formula is C11H16S. The quantitative estimate of drug-likeness (QED) is 0.641. The second-order valence-corrected chi connectivity index (χ2v) is 4.97. The van der Waals surface area contributed by atoms with Gasteiger partial charge in [-0.1, -0.05) is 20.3 Å². The van der Waals surface area contributed by atoms with Gasteiger partial charge in [0, 0.05) is 4.88 Å². The average Bonchev–Trinajstić information content (AvgIpc) is 2.31. The minimum absolute atomic E-state index is 0.715. The molecule has 66 valence electrons. The van der Waals surface area contributed by atoms with Crippen LogP contribution in [0.5, 0.6) is 0 Å². The molecule has 0 atom stereocenters. The van der Waals surface area contributed by atoms with Gasteiger partial charge in [-0.2, -0.15) is 0 Å². The highest BCUT2D eigenvalue weighted by Crippen LogP contribution is 2.42. The molecule has 1 heterocycles. The van der Waals surface area contributed by atoms with Crippen molar-refractivity contribution in [2.75, 3.05) is 0 Å². The van der Waals surface area contributed by atoms with Crippen molar-refractivity contribution in [3.8, 4) is 0 Å². The van der Waals surface area contributed by atoms with E-state index in [0.29, 0.717) is 5.92 Å². The SMILES string of the molecule is CC(C)c1ccsc1C1CCC1. The van der Waals surface area contributed by atoms with Crippen LogP contribution in [-0.4, -0.2) is 0 Å². The van der Waals surface area contributed by atoms with Crippen LogP contribution in [0.2, 0.25) is 0 Å². The van der Waals surface area contributed by atoms with E-state index in [-0.39, 0.29) is 0 Å². The molecule has 1 fully saturated rings. The first-order valence-electron chi connectivity index (χ1n) is 4.86. The topological polar surface area (TPSA) is 0 Å². The predicted molar refractivity (Wildman–Crippen MR) is 55.0 cm³/mol. The van der Waals surface area contributed by atoms with Crippen LogP contribution in [0.25, 0.3) is 0 Å². The van der Waals surface area contributed by atoms with E-state index in [9.17, 15) is 0 Å². The number of rotatable bonds is 2. The fourth-order valence-electron chi connectivity index (χ4n) is 1.81. The van der Waals surface area contributed by atoms with Crippen molar-refractivity contribution in [2.45, 2.75) is 44.9 Å². The zero-order valence-electron chi connectivity index (χ0n) is 7.84. The van der Waals surface area contributed by atoms with Gasteiger partial charge in [0.25, 0.3) is 0 Å². The second kappa shape index (κ2) is 3.21. The maximum Gasteiger partial charge on any atom is 0.0111 e. The summed E-state index contributed by atoms with van der Waals surface area (Å²) >= 11 is 1.96. The van der Waals surface area contributed by atoms with Crippen molar-refractivity contribution in [1.82, 2.24) is 0 Å². The fraction of sp³-hybridized carbons (Fsp3) is 0.636. The maximum atomic E-state index is 2.31. The van der Waals surface area contributed by atoms with Crippen LogP contribution in [0.4, 0.5) is 0 Å². The van der Waals surface area contributed by atoms with Gasteiger partial charge in [0.15, 0.2) is 0 Å². The third-order valence-electron chi connectivity index (χ3n) is 2.83. The summed E-state index contributed by atoms with van der Waals surface area (Å²) in [5, 5.41) is 2.25. The lowest BCUT2D eigenvalue weighted by atomic mass is 9.81. The van der Waals surface area contributed by atoms with Crippen LogP contribution >= 0.6 is 11.3 Å². The van der Waals surface area contributed by atoms with E-state index in [1.807, 2.05) is 11.3 Å². The Morgan fingerprint density at radius 3 is 2.67 bits per heavy atom. The summed E-state index contributed by atoms with van der Waals surface area (Å²) in [6.45, 7) is 4.59. The van der Waals surface area contributed by atoms with Crippen LogP contribution in [0, 0.1) is 0 Å². The highest BCUT2D eigenvalue weighted by atomic mass is 32.1. The van der Waals surface area contributed by atoms with Gasteiger partial charge < -0.3 is 0 Å². The minimum Gasteiger partial charge on any atom is -0.148 e. The molecule has 1 heteroatoms. The molecule has 1 aliphatic carbocycles. The Kier molecular flexibility index (Phi) is 2.22. The maximum absolute atomic E-state index is 2.31. The monoisotopic (exact) mass is 180 g/mol. The molecule has 1 aromatic heterocycles. The smallest absolute Gasteiger partial charge is 0.0111 e. The Labute approximate surface area is 78.6 Å². The first kappa shape index (κ1) is 8.31. The van der Waals surface area contributed by atoms with Crippen LogP contribution in [0.15, 0.2) is 11.4 Å². The van der Waals surface area contributed by atoms with Gasteiger partial charge >= 0.3 is 0 Å². The second-order valence-electron chi connectivity index (χ2n) is 4.02. The lowest BCUT2D eigenvalue weighted by Crippen LogP contribution is -2.09. The van der Waals surface area contributed by atoms with E-state index in [0.717, 1.165) is 5.92 Å². The normalized spacial score (nSPS) is 18.2. The molecule has 0 amide bonds. The molecule has 0 N–H and O–H groups in total. The lowest BCUT2D eigenvalue weighted by molar-refractivity contribution is 0.422. The van der Waals surface area contributed by atoms with E-state index < -0.39 is 0 Å². The van der Waals surface area contributed by atoms with Crippen molar-refractivity contribution in [1.29, 1.82) is 0 Å². The lowest BCUT2D eigenvalue weighted by Gasteiger charge is -2.26. The highest BCUT2D eigenvalue weighted by Gasteiger charge is 2.23. The fourth-order valence-corrected chi connectivity index (χ4v) is 3.04. The Morgan fingerprint density at radius 1 is 1.42 bits per heavy atom. The summed E-state index contributed by atoms with van der Waals surface area (Å²) in [7, 11) is 0. The Balaban J connectivity index is 2.23. The van der Waals surface area contributed by atoms with Crippen LogP contribution in [0.3, 0.4) is 0 Å². The zero-order valence-corrected chi connectivity index (χ0v) is 8.66. The van der Waals surface area contributed by atoms with Gasteiger partial charge in [0.2, 0.25) is 0 Å².